The lowest BCUT2D eigenvalue weighted by molar-refractivity contribution is 0.108. The van der Waals surface area contributed by atoms with Gasteiger partial charge >= 0.3 is 0 Å². The van der Waals surface area contributed by atoms with Gasteiger partial charge in [0.05, 0.1) is 6.61 Å². The van der Waals surface area contributed by atoms with Crippen LogP contribution in [0.3, 0.4) is 0 Å². The zero-order valence-corrected chi connectivity index (χ0v) is 15.5. The van der Waals surface area contributed by atoms with Crippen LogP contribution in [0.15, 0.2) is 23.3 Å². The molecule has 0 amide bonds. The van der Waals surface area contributed by atoms with Crippen molar-refractivity contribution in [2.45, 2.75) is 40.2 Å². The first kappa shape index (κ1) is 20.2. The van der Waals surface area contributed by atoms with Crippen LogP contribution in [0.4, 0.5) is 0 Å². The van der Waals surface area contributed by atoms with Crippen LogP contribution in [0.5, 0.6) is 5.88 Å². The number of aromatic nitrogens is 1. The number of rotatable bonds is 11. The summed E-state index contributed by atoms with van der Waals surface area (Å²) in [5, 5.41) is 6.58. The molecular weight excluding hydrogens is 304 g/mol. The molecule has 136 valence electrons. The predicted molar refractivity (Wildman–Crippen MR) is 98.5 cm³/mol. The molecule has 0 bridgehead atoms. The molecule has 0 atom stereocenters. The molecule has 0 radical (unpaired) electrons. The van der Waals surface area contributed by atoms with Crippen LogP contribution in [0.25, 0.3) is 0 Å². The highest BCUT2D eigenvalue weighted by Gasteiger charge is 2.05. The van der Waals surface area contributed by atoms with Gasteiger partial charge in [0, 0.05) is 45.1 Å². The molecule has 0 unspecified atom stereocenters. The first-order valence-corrected chi connectivity index (χ1v) is 8.76. The highest BCUT2D eigenvalue weighted by Crippen LogP contribution is 2.14. The molecule has 0 aliphatic carbocycles. The lowest BCUT2D eigenvalue weighted by Crippen LogP contribution is -2.37. The van der Waals surface area contributed by atoms with E-state index in [1.54, 1.807) is 13.2 Å². The van der Waals surface area contributed by atoms with E-state index in [9.17, 15) is 0 Å². The van der Waals surface area contributed by atoms with E-state index in [1.807, 2.05) is 12.1 Å². The Hall–Kier alpha value is -1.82. The molecule has 24 heavy (non-hydrogen) atoms. The Kier molecular flexibility index (Phi) is 10.6. The molecule has 1 heterocycles. The third-order valence-electron chi connectivity index (χ3n) is 3.17. The predicted octanol–water partition coefficient (Wildman–Crippen LogP) is 2.60. The summed E-state index contributed by atoms with van der Waals surface area (Å²) in [6, 6.07) is 3.93. The van der Waals surface area contributed by atoms with Crippen LogP contribution in [0.1, 0.15) is 39.2 Å². The number of nitrogens with zero attached hydrogens (tertiary/aromatic N) is 2. The number of guanidine groups is 1. The summed E-state index contributed by atoms with van der Waals surface area (Å²) >= 11 is 0. The summed E-state index contributed by atoms with van der Waals surface area (Å²) < 4.78 is 11.2. The average Bonchev–Trinajstić information content (AvgIpc) is 2.59. The lowest BCUT2D eigenvalue weighted by Gasteiger charge is -2.14. The van der Waals surface area contributed by atoms with Gasteiger partial charge in [0.15, 0.2) is 5.96 Å². The monoisotopic (exact) mass is 336 g/mol. The largest absolute Gasteiger partial charge is 0.477 e. The van der Waals surface area contributed by atoms with Gasteiger partial charge in [-0.05, 0) is 24.8 Å². The number of nitrogens with one attached hydrogen (secondary N) is 2. The minimum atomic E-state index is 0.580. The standard InChI is InChI=1S/C18H32N4O2/c1-5-11-24-17-16(8-6-9-20-17)13-22-18(19-4)21-10-7-12-23-14-15(2)3/h6,8-9,15H,5,7,10-14H2,1-4H3,(H2,19,21,22). The zero-order valence-electron chi connectivity index (χ0n) is 15.5. The average molecular weight is 336 g/mol. The fourth-order valence-corrected chi connectivity index (χ4v) is 1.99. The fraction of sp³-hybridized carbons (Fsp3) is 0.667. The van der Waals surface area contributed by atoms with Crippen molar-refractivity contribution in [1.82, 2.24) is 15.6 Å². The Morgan fingerprint density at radius 1 is 1.29 bits per heavy atom. The number of ether oxygens (including phenoxy) is 2. The van der Waals surface area contributed by atoms with Crippen molar-refractivity contribution in [2.75, 3.05) is 33.4 Å². The van der Waals surface area contributed by atoms with E-state index in [4.69, 9.17) is 9.47 Å². The van der Waals surface area contributed by atoms with Gasteiger partial charge in [0.2, 0.25) is 5.88 Å². The van der Waals surface area contributed by atoms with E-state index in [0.717, 1.165) is 44.1 Å². The molecule has 1 rings (SSSR count). The van der Waals surface area contributed by atoms with Gasteiger partial charge in [-0.15, -0.1) is 0 Å². The Morgan fingerprint density at radius 3 is 2.83 bits per heavy atom. The minimum Gasteiger partial charge on any atom is -0.477 e. The molecule has 0 aliphatic heterocycles. The van der Waals surface area contributed by atoms with Crippen LogP contribution in [-0.2, 0) is 11.3 Å². The summed E-state index contributed by atoms with van der Waals surface area (Å²) in [5.74, 6) is 2.03. The highest BCUT2D eigenvalue weighted by molar-refractivity contribution is 5.79. The van der Waals surface area contributed by atoms with Crippen molar-refractivity contribution >= 4 is 5.96 Å². The minimum absolute atomic E-state index is 0.580. The second-order valence-electron chi connectivity index (χ2n) is 5.99. The summed E-state index contributed by atoms with van der Waals surface area (Å²) in [5.41, 5.74) is 1.02. The Balaban J connectivity index is 2.31. The quantitative estimate of drug-likeness (QED) is 0.369. The van der Waals surface area contributed by atoms with Gasteiger partial charge in [-0.2, -0.15) is 0 Å². The first-order valence-electron chi connectivity index (χ1n) is 8.76. The summed E-state index contributed by atoms with van der Waals surface area (Å²) in [6.07, 6.45) is 3.66. The molecule has 2 N–H and O–H groups in total. The van der Waals surface area contributed by atoms with Gasteiger partial charge in [-0.3, -0.25) is 4.99 Å². The van der Waals surface area contributed by atoms with E-state index in [1.165, 1.54) is 0 Å². The van der Waals surface area contributed by atoms with Gasteiger partial charge in [0.1, 0.15) is 0 Å². The number of hydrogen-bond donors (Lipinski definition) is 2. The maximum atomic E-state index is 5.67. The Bertz CT molecular complexity index is 478. The molecule has 0 spiro atoms. The summed E-state index contributed by atoms with van der Waals surface area (Å²) in [6.45, 7) is 10.1. The molecule has 0 fully saturated rings. The van der Waals surface area contributed by atoms with E-state index in [0.29, 0.717) is 24.9 Å². The smallest absolute Gasteiger partial charge is 0.218 e. The van der Waals surface area contributed by atoms with Crippen molar-refractivity contribution in [3.05, 3.63) is 23.9 Å². The van der Waals surface area contributed by atoms with E-state index in [-0.39, 0.29) is 0 Å². The van der Waals surface area contributed by atoms with Crippen molar-refractivity contribution in [1.29, 1.82) is 0 Å². The number of pyridine rings is 1. The zero-order chi connectivity index (χ0) is 17.6. The lowest BCUT2D eigenvalue weighted by atomic mass is 10.2. The van der Waals surface area contributed by atoms with Gasteiger partial charge in [-0.1, -0.05) is 26.8 Å². The van der Waals surface area contributed by atoms with Gasteiger partial charge < -0.3 is 20.1 Å². The van der Waals surface area contributed by atoms with Crippen LogP contribution in [-0.4, -0.2) is 44.4 Å². The fourth-order valence-electron chi connectivity index (χ4n) is 1.99. The Morgan fingerprint density at radius 2 is 2.12 bits per heavy atom. The molecule has 0 saturated carbocycles. The molecular formula is C18H32N4O2. The Labute approximate surface area is 146 Å². The highest BCUT2D eigenvalue weighted by atomic mass is 16.5. The SMILES string of the molecule is CCCOc1ncccc1CNC(=NC)NCCCOCC(C)C. The molecule has 1 aromatic rings. The maximum absolute atomic E-state index is 5.67. The topological polar surface area (TPSA) is 67.8 Å². The van der Waals surface area contributed by atoms with Crippen molar-refractivity contribution in [2.24, 2.45) is 10.9 Å². The molecule has 0 saturated heterocycles. The second-order valence-corrected chi connectivity index (χ2v) is 5.99. The molecule has 0 aliphatic rings. The maximum Gasteiger partial charge on any atom is 0.218 e. The van der Waals surface area contributed by atoms with Crippen LogP contribution in [0.2, 0.25) is 0 Å². The first-order chi connectivity index (χ1) is 11.7. The van der Waals surface area contributed by atoms with Crippen molar-refractivity contribution < 1.29 is 9.47 Å². The van der Waals surface area contributed by atoms with E-state index >= 15 is 0 Å². The molecule has 1 aromatic heterocycles. The van der Waals surface area contributed by atoms with Crippen LogP contribution >= 0.6 is 0 Å². The van der Waals surface area contributed by atoms with Gasteiger partial charge in [0.25, 0.3) is 0 Å². The van der Waals surface area contributed by atoms with Crippen molar-refractivity contribution in [3.8, 4) is 5.88 Å². The van der Waals surface area contributed by atoms with Crippen LogP contribution in [0, 0.1) is 5.92 Å². The van der Waals surface area contributed by atoms with E-state index in [2.05, 4.69) is 41.4 Å². The second kappa shape index (κ2) is 12.6. The third-order valence-corrected chi connectivity index (χ3v) is 3.17. The van der Waals surface area contributed by atoms with Gasteiger partial charge in [-0.25, -0.2) is 4.98 Å². The molecule has 6 heteroatoms. The summed E-state index contributed by atoms with van der Waals surface area (Å²) in [7, 11) is 1.77. The number of aliphatic imine (C=N–C) groups is 1. The van der Waals surface area contributed by atoms with Crippen molar-refractivity contribution in [3.63, 3.8) is 0 Å². The molecule has 0 aromatic carbocycles. The normalized spacial score (nSPS) is 11.6. The number of hydrogen-bond acceptors (Lipinski definition) is 4. The van der Waals surface area contributed by atoms with E-state index < -0.39 is 0 Å². The summed E-state index contributed by atoms with van der Waals surface area (Å²) in [4.78, 5) is 8.52. The third kappa shape index (κ3) is 8.72. The van der Waals surface area contributed by atoms with Crippen LogP contribution < -0.4 is 15.4 Å². The molecule has 6 nitrogen and oxygen atoms in total.